The van der Waals surface area contributed by atoms with Gasteiger partial charge in [0.2, 0.25) is 0 Å². The van der Waals surface area contributed by atoms with Crippen LogP contribution >= 0.6 is 0 Å². The zero-order valence-electron chi connectivity index (χ0n) is 11.3. The van der Waals surface area contributed by atoms with Gasteiger partial charge in [0, 0.05) is 38.8 Å². The minimum absolute atomic E-state index is 0.371. The lowest BCUT2D eigenvalue weighted by molar-refractivity contribution is -0.150. The lowest BCUT2D eigenvalue weighted by Gasteiger charge is -2.41. The maximum absolute atomic E-state index is 12.3. The summed E-state index contributed by atoms with van der Waals surface area (Å²) in [6.45, 7) is 2.29. The molecule has 0 aromatic carbocycles. The maximum atomic E-state index is 12.3. The molecule has 6 heteroatoms. The van der Waals surface area contributed by atoms with Crippen molar-refractivity contribution in [2.75, 3.05) is 39.3 Å². The highest BCUT2D eigenvalue weighted by Crippen LogP contribution is 2.30. The van der Waals surface area contributed by atoms with Crippen LogP contribution in [0.1, 0.15) is 25.7 Å². The van der Waals surface area contributed by atoms with Gasteiger partial charge in [-0.25, -0.2) is 0 Å². The molecule has 1 atom stereocenters. The second-order valence-electron chi connectivity index (χ2n) is 5.77. The summed E-state index contributed by atoms with van der Waals surface area (Å²) < 4.78 is 37.0. The number of rotatable bonds is 4. The molecule has 19 heavy (non-hydrogen) atoms. The fourth-order valence-corrected chi connectivity index (χ4v) is 3.49. The van der Waals surface area contributed by atoms with Crippen molar-refractivity contribution in [1.29, 1.82) is 0 Å². The van der Waals surface area contributed by atoms with E-state index in [9.17, 15) is 13.2 Å². The molecule has 1 unspecified atom stereocenters. The van der Waals surface area contributed by atoms with Gasteiger partial charge < -0.3 is 5.73 Å². The number of hydrogen-bond acceptors (Lipinski definition) is 3. The molecule has 3 nitrogen and oxygen atoms in total. The molecule has 1 saturated carbocycles. The molecular formula is C13H24F3N3. The van der Waals surface area contributed by atoms with E-state index in [1.54, 1.807) is 0 Å². The normalized spacial score (nSPS) is 25.9. The molecule has 2 N–H and O–H groups in total. The fourth-order valence-electron chi connectivity index (χ4n) is 3.49. The first-order valence-corrected chi connectivity index (χ1v) is 7.23. The van der Waals surface area contributed by atoms with Gasteiger partial charge in [0.05, 0.1) is 6.54 Å². The summed E-state index contributed by atoms with van der Waals surface area (Å²) in [6.07, 6.45) is 0.917. The summed E-state index contributed by atoms with van der Waals surface area (Å²) in [5, 5.41) is 0. The number of piperazine rings is 1. The van der Waals surface area contributed by atoms with Crippen molar-refractivity contribution in [2.24, 2.45) is 11.7 Å². The van der Waals surface area contributed by atoms with Crippen LogP contribution < -0.4 is 5.73 Å². The van der Waals surface area contributed by atoms with Crippen molar-refractivity contribution >= 4 is 0 Å². The Morgan fingerprint density at radius 3 is 2.11 bits per heavy atom. The molecule has 0 spiro atoms. The van der Waals surface area contributed by atoms with Gasteiger partial charge in [-0.2, -0.15) is 13.2 Å². The first-order valence-electron chi connectivity index (χ1n) is 7.23. The second-order valence-corrected chi connectivity index (χ2v) is 5.77. The van der Waals surface area contributed by atoms with E-state index in [-0.39, 0.29) is 0 Å². The monoisotopic (exact) mass is 279 g/mol. The Kier molecular flexibility index (Phi) is 5.09. The Hall–Kier alpha value is -0.330. The van der Waals surface area contributed by atoms with Gasteiger partial charge in [0.25, 0.3) is 0 Å². The molecule has 0 aromatic heterocycles. The molecule has 1 heterocycles. The first-order chi connectivity index (χ1) is 8.99. The summed E-state index contributed by atoms with van der Waals surface area (Å²) in [5.74, 6) is 0.652. The molecule has 1 aliphatic heterocycles. The van der Waals surface area contributed by atoms with Crippen molar-refractivity contribution in [3.05, 3.63) is 0 Å². The van der Waals surface area contributed by atoms with E-state index >= 15 is 0 Å². The molecule has 1 aliphatic carbocycles. The lowest BCUT2D eigenvalue weighted by Crippen LogP contribution is -2.55. The Labute approximate surface area is 112 Å². The van der Waals surface area contributed by atoms with Crippen LogP contribution in [0.5, 0.6) is 0 Å². The van der Waals surface area contributed by atoms with Gasteiger partial charge in [-0.3, -0.25) is 9.80 Å². The number of nitrogens with two attached hydrogens (primary N) is 1. The zero-order chi connectivity index (χ0) is 13.9. The lowest BCUT2D eigenvalue weighted by atomic mass is 9.96. The van der Waals surface area contributed by atoms with Gasteiger partial charge >= 0.3 is 6.18 Å². The number of alkyl halides is 3. The molecule has 0 amide bonds. The molecule has 0 bridgehead atoms. The molecule has 1 saturated heterocycles. The van der Waals surface area contributed by atoms with Crippen LogP contribution in [0.25, 0.3) is 0 Å². The molecular weight excluding hydrogens is 255 g/mol. The Bertz CT molecular complexity index is 269. The molecule has 0 radical (unpaired) electrons. The van der Waals surface area contributed by atoms with Crippen molar-refractivity contribution in [3.8, 4) is 0 Å². The average Bonchev–Trinajstić information content (AvgIpc) is 2.84. The number of halogens is 3. The molecule has 2 rings (SSSR count). The van der Waals surface area contributed by atoms with E-state index in [2.05, 4.69) is 4.90 Å². The van der Waals surface area contributed by atoms with E-state index in [0.717, 1.165) is 0 Å². The summed E-state index contributed by atoms with van der Waals surface area (Å²) in [7, 11) is 0. The van der Waals surface area contributed by atoms with Crippen LogP contribution in [0.2, 0.25) is 0 Å². The highest BCUT2D eigenvalue weighted by molar-refractivity contribution is 4.86. The zero-order valence-corrected chi connectivity index (χ0v) is 11.3. The minimum Gasteiger partial charge on any atom is -0.329 e. The van der Waals surface area contributed by atoms with Crippen molar-refractivity contribution < 1.29 is 13.2 Å². The third-order valence-corrected chi connectivity index (χ3v) is 4.46. The Morgan fingerprint density at radius 2 is 1.63 bits per heavy atom. The third-order valence-electron chi connectivity index (χ3n) is 4.46. The predicted molar refractivity (Wildman–Crippen MR) is 68.9 cm³/mol. The summed E-state index contributed by atoms with van der Waals surface area (Å²) in [5.41, 5.74) is 5.88. The second kappa shape index (κ2) is 6.41. The van der Waals surface area contributed by atoms with Gasteiger partial charge in [-0.05, 0) is 18.8 Å². The summed E-state index contributed by atoms with van der Waals surface area (Å²) >= 11 is 0. The van der Waals surface area contributed by atoms with Crippen LogP contribution in [0.3, 0.4) is 0 Å². The fraction of sp³-hybridized carbons (Fsp3) is 1.00. The average molecular weight is 279 g/mol. The molecule has 0 aromatic rings. The van der Waals surface area contributed by atoms with Gasteiger partial charge in [-0.1, -0.05) is 12.8 Å². The molecule has 2 fully saturated rings. The highest BCUT2D eigenvalue weighted by atomic mass is 19.4. The summed E-state index contributed by atoms with van der Waals surface area (Å²) in [4.78, 5) is 3.81. The van der Waals surface area contributed by atoms with E-state index < -0.39 is 12.7 Å². The maximum Gasteiger partial charge on any atom is 0.401 e. The van der Waals surface area contributed by atoms with E-state index in [1.807, 2.05) is 0 Å². The largest absolute Gasteiger partial charge is 0.401 e. The van der Waals surface area contributed by atoms with Crippen LogP contribution in [-0.4, -0.2) is 61.3 Å². The predicted octanol–water partition coefficient (Wildman–Crippen LogP) is 1.68. The van der Waals surface area contributed by atoms with Gasteiger partial charge in [0.15, 0.2) is 0 Å². The van der Waals surface area contributed by atoms with Crippen LogP contribution in [0, 0.1) is 5.92 Å². The molecule has 112 valence electrons. The van der Waals surface area contributed by atoms with Crippen LogP contribution in [0.15, 0.2) is 0 Å². The van der Waals surface area contributed by atoms with Crippen molar-refractivity contribution in [1.82, 2.24) is 9.80 Å². The smallest absolute Gasteiger partial charge is 0.329 e. The van der Waals surface area contributed by atoms with E-state index in [4.69, 9.17) is 5.73 Å². The number of nitrogens with zero attached hydrogens (tertiary/aromatic N) is 2. The standard InChI is InChI=1S/C13H24F3N3/c14-13(15,16)10-18-5-7-19(8-6-18)12(9-17)11-3-1-2-4-11/h11-12H,1-10,17H2. The number of hydrogen-bond donors (Lipinski definition) is 1. The van der Waals surface area contributed by atoms with Crippen LogP contribution in [-0.2, 0) is 0 Å². The van der Waals surface area contributed by atoms with Gasteiger partial charge in [0.1, 0.15) is 0 Å². The van der Waals surface area contributed by atoms with Crippen molar-refractivity contribution in [2.45, 2.75) is 37.9 Å². The highest BCUT2D eigenvalue weighted by Gasteiger charge is 2.35. The van der Waals surface area contributed by atoms with Crippen molar-refractivity contribution in [3.63, 3.8) is 0 Å². The third kappa shape index (κ3) is 4.33. The minimum atomic E-state index is -4.08. The Balaban J connectivity index is 1.81. The first kappa shape index (κ1) is 15.1. The van der Waals surface area contributed by atoms with Gasteiger partial charge in [-0.15, -0.1) is 0 Å². The summed E-state index contributed by atoms with van der Waals surface area (Å²) in [6, 6.07) is 0.371. The topological polar surface area (TPSA) is 32.5 Å². The molecule has 2 aliphatic rings. The van der Waals surface area contributed by atoms with E-state index in [0.29, 0.717) is 44.7 Å². The van der Waals surface area contributed by atoms with Crippen LogP contribution in [0.4, 0.5) is 13.2 Å². The Morgan fingerprint density at radius 1 is 1.05 bits per heavy atom. The quantitative estimate of drug-likeness (QED) is 0.850. The SMILES string of the molecule is NCC(C1CCCC1)N1CCN(CC(F)(F)F)CC1. The van der Waals surface area contributed by atoms with E-state index in [1.165, 1.54) is 30.6 Å².